The fourth-order valence-corrected chi connectivity index (χ4v) is 3.19. The molecule has 0 aliphatic carbocycles. The highest BCUT2D eigenvalue weighted by atomic mass is 32.1. The molecule has 0 fully saturated rings. The van der Waals surface area contributed by atoms with E-state index in [2.05, 4.69) is 11.4 Å². The number of rotatable bonds is 4. The molecule has 0 spiro atoms. The van der Waals surface area contributed by atoms with E-state index in [1.54, 1.807) is 18.4 Å². The number of aliphatic hydroxyl groups is 1. The van der Waals surface area contributed by atoms with Crippen molar-refractivity contribution in [3.63, 3.8) is 0 Å². The van der Waals surface area contributed by atoms with Crippen LogP contribution in [0.15, 0.2) is 53.2 Å². The van der Waals surface area contributed by atoms with E-state index >= 15 is 0 Å². The highest BCUT2D eigenvalue weighted by Gasteiger charge is 2.14. The molecular weight excluding hydrogens is 268 g/mol. The lowest BCUT2D eigenvalue weighted by Gasteiger charge is -2.15. The van der Waals surface area contributed by atoms with Crippen LogP contribution in [-0.2, 0) is 6.42 Å². The topological polar surface area (TPSA) is 29.5 Å². The largest absolute Gasteiger partial charge is 0.496 e. The first-order chi connectivity index (χ1) is 9.79. The standard InChI is InChI=1S/C17H16O2S/c1-19-17-7-6-14(13-4-2-3-5-15(13)17)16(18)10-12-8-9-20-11-12/h2-9,11,16,18H,10H2,1H3. The predicted molar refractivity (Wildman–Crippen MR) is 83.5 cm³/mol. The first kappa shape index (κ1) is 13.2. The average Bonchev–Trinajstić information content (AvgIpc) is 2.99. The summed E-state index contributed by atoms with van der Waals surface area (Å²) in [7, 11) is 1.67. The second kappa shape index (κ2) is 5.65. The molecule has 0 saturated carbocycles. The third-order valence-electron chi connectivity index (χ3n) is 3.51. The van der Waals surface area contributed by atoms with Gasteiger partial charge in [0.25, 0.3) is 0 Å². The average molecular weight is 284 g/mol. The predicted octanol–water partition coefficient (Wildman–Crippen LogP) is 4.19. The van der Waals surface area contributed by atoms with Gasteiger partial charge in [-0.15, -0.1) is 0 Å². The fraction of sp³-hybridized carbons (Fsp3) is 0.176. The minimum Gasteiger partial charge on any atom is -0.496 e. The Morgan fingerprint density at radius 2 is 1.90 bits per heavy atom. The van der Waals surface area contributed by atoms with E-state index in [0.29, 0.717) is 6.42 Å². The van der Waals surface area contributed by atoms with Gasteiger partial charge in [-0.3, -0.25) is 0 Å². The van der Waals surface area contributed by atoms with Gasteiger partial charge in [-0.1, -0.05) is 30.3 Å². The highest BCUT2D eigenvalue weighted by molar-refractivity contribution is 7.07. The van der Waals surface area contributed by atoms with Crippen LogP contribution in [0.4, 0.5) is 0 Å². The van der Waals surface area contributed by atoms with Crippen LogP contribution in [0.25, 0.3) is 10.8 Å². The molecule has 0 saturated heterocycles. The van der Waals surface area contributed by atoms with Crippen molar-refractivity contribution in [1.82, 2.24) is 0 Å². The van der Waals surface area contributed by atoms with Gasteiger partial charge in [0, 0.05) is 11.8 Å². The number of hydrogen-bond donors (Lipinski definition) is 1. The van der Waals surface area contributed by atoms with Crippen molar-refractivity contribution < 1.29 is 9.84 Å². The summed E-state index contributed by atoms with van der Waals surface area (Å²) in [6.07, 6.45) is 0.139. The first-order valence-electron chi connectivity index (χ1n) is 6.54. The maximum absolute atomic E-state index is 10.5. The lowest BCUT2D eigenvalue weighted by Crippen LogP contribution is -2.02. The lowest BCUT2D eigenvalue weighted by molar-refractivity contribution is 0.180. The Balaban J connectivity index is 2.03. The van der Waals surface area contributed by atoms with Gasteiger partial charge >= 0.3 is 0 Å². The zero-order valence-corrected chi connectivity index (χ0v) is 12.1. The van der Waals surface area contributed by atoms with E-state index in [4.69, 9.17) is 4.74 Å². The maximum atomic E-state index is 10.5. The Labute approximate surface area is 122 Å². The molecule has 3 rings (SSSR count). The van der Waals surface area contributed by atoms with Gasteiger partial charge in [0.15, 0.2) is 0 Å². The van der Waals surface area contributed by atoms with E-state index in [1.807, 2.05) is 41.8 Å². The van der Waals surface area contributed by atoms with Crippen molar-refractivity contribution in [3.8, 4) is 5.75 Å². The minimum absolute atomic E-state index is 0.500. The summed E-state index contributed by atoms with van der Waals surface area (Å²) in [4.78, 5) is 0. The number of ether oxygens (including phenoxy) is 1. The van der Waals surface area contributed by atoms with Gasteiger partial charge in [0.1, 0.15) is 5.75 Å². The summed E-state index contributed by atoms with van der Waals surface area (Å²) in [5, 5.41) is 16.7. The van der Waals surface area contributed by atoms with E-state index in [9.17, 15) is 5.11 Å². The van der Waals surface area contributed by atoms with Gasteiger partial charge in [0.05, 0.1) is 13.2 Å². The molecule has 0 aliphatic heterocycles. The van der Waals surface area contributed by atoms with E-state index in [-0.39, 0.29) is 0 Å². The Morgan fingerprint density at radius 3 is 2.60 bits per heavy atom. The van der Waals surface area contributed by atoms with Crippen molar-refractivity contribution in [2.45, 2.75) is 12.5 Å². The molecule has 2 nitrogen and oxygen atoms in total. The quantitative estimate of drug-likeness (QED) is 0.778. The van der Waals surface area contributed by atoms with Gasteiger partial charge in [0.2, 0.25) is 0 Å². The second-order valence-corrected chi connectivity index (χ2v) is 5.53. The van der Waals surface area contributed by atoms with Gasteiger partial charge in [-0.05, 0) is 39.4 Å². The number of fused-ring (bicyclic) bond motifs is 1. The fourth-order valence-electron chi connectivity index (χ4n) is 2.51. The molecule has 0 bridgehead atoms. The summed E-state index contributed by atoms with van der Waals surface area (Å²) in [6, 6.07) is 14.0. The summed E-state index contributed by atoms with van der Waals surface area (Å²) >= 11 is 1.66. The number of methoxy groups -OCH3 is 1. The summed E-state index contributed by atoms with van der Waals surface area (Å²) in [6.45, 7) is 0. The summed E-state index contributed by atoms with van der Waals surface area (Å²) < 4.78 is 5.39. The van der Waals surface area contributed by atoms with Crippen LogP contribution in [0.3, 0.4) is 0 Å². The van der Waals surface area contributed by atoms with Crippen LogP contribution in [0, 0.1) is 0 Å². The number of aliphatic hydroxyl groups excluding tert-OH is 1. The van der Waals surface area contributed by atoms with Gasteiger partial charge in [-0.2, -0.15) is 11.3 Å². The molecule has 102 valence electrons. The molecule has 2 aromatic carbocycles. The lowest BCUT2D eigenvalue weighted by atomic mass is 9.96. The monoisotopic (exact) mass is 284 g/mol. The summed E-state index contributed by atoms with van der Waals surface area (Å²) in [5.41, 5.74) is 2.12. The third kappa shape index (κ3) is 2.42. The Morgan fingerprint density at radius 1 is 1.10 bits per heavy atom. The van der Waals surface area contributed by atoms with Crippen molar-refractivity contribution in [2.24, 2.45) is 0 Å². The number of benzene rings is 2. The molecule has 0 amide bonds. The smallest absolute Gasteiger partial charge is 0.126 e. The zero-order valence-electron chi connectivity index (χ0n) is 11.2. The van der Waals surface area contributed by atoms with E-state index in [1.165, 1.54) is 5.56 Å². The van der Waals surface area contributed by atoms with E-state index in [0.717, 1.165) is 22.1 Å². The van der Waals surface area contributed by atoms with Crippen molar-refractivity contribution in [3.05, 3.63) is 64.4 Å². The Kier molecular flexibility index (Phi) is 3.72. The molecule has 1 heterocycles. The molecule has 20 heavy (non-hydrogen) atoms. The molecule has 1 unspecified atom stereocenters. The van der Waals surface area contributed by atoms with Gasteiger partial charge < -0.3 is 9.84 Å². The molecule has 3 heteroatoms. The van der Waals surface area contributed by atoms with Crippen LogP contribution in [0.1, 0.15) is 17.2 Å². The first-order valence-corrected chi connectivity index (χ1v) is 7.48. The SMILES string of the molecule is COc1ccc(C(O)Cc2ccsc2)c2ccccc12. The minimum atomic E-state index is -0.500. The Bertz CT molecular complexity index is 704. The number of thiophene rings is 1. The maximum Gasteiger partial charge on any atom is 0.126 e. The van der Waals surface area contributed by atoms with Gasteiger partial charge in [-0.25, -0.2) is 0 Å². The summed E-state index contributed by atoms with van der Waals surface area (Å²) in [5.74, 6) is 0.840. The third-order valence-corrected chi connectivity index (χ3v) is 4.24. The molecule has 0 aliphatic rings. The molecule has 1 aromatic heterocycles. The normalized spacial score (nSPS) is 12.5. The van der Waals surface area contributed by atoms with Crippen LogP contribution in [0.5, 0.6) is 5.75 Å². The van der Waals surface area contributed by atoms with Crippen LogP contribution in [0.2, 0.25) is 0 Å². The molecule has 0 radical (unpaired) electrons. The zero-order chi connectivity index (χ0) is 13.9. The molecular formula is C17H16O2S. The van der Waals surface area contributed by atoms with Crippen molar-refractivity contribution in [2.75, 3.05) is 7.11 Å². The molecule has 1 N–H and O–H groups in total. The van der Waals surface area contributed by atoms with E-state index < -0.39 is 6.10 Å². The van der Waals surface area contributed by atoms with Crippen molar-refractivity contribution >= 4 is 22.1 Å². The highest BCUT2D eigenvalue weighted by Crippen LogP contribution is 2.32. The van der Waals surface area contributed by atoms with Crippen LogP contribution in [-0.4, -0.2) is 12.2 Å². The van der Waals surface area contributed by atoms with Crippen molar-refractivity contribution in [1.29, 1.82) is 0 Å². The molecule has 1 atom stereocenters. The molecule has 3 aromatic rings. The Hall–Kier alpha value is -1.84. The number of hydrogen-bond acceptors (Lipinski definition) is 3. The van der Waals surface area contributed by atoms with Crippen LogP contribution >= 0.6 is 11.3 Å². The second-order valence-electron chi connectivity index (χ2n) is 4.75. The van der Waals surface area contributed by atoms with Crippen LogP contribution < -0.4 is 4.74 Å².